The largest absolute Gasteiger partial charge is 0.383 e. The van der Waals surface area contributed by atoms with Crippen LogP contribution in [-0.2, 0) is 14.3 Å². The molecule has 1 atom stereocenters. The quantitative estimate of drug-likeness (QED) is 0.566. The number of fused-ring (bicyclic) bond motifs is 1. The minimum absolute atomic E-state index is 0.0657. The Bertz CT molecular complexity index is 896. The lowest BCUT2D eigenvalue weighted by Gasteiger charge is -2.19. The summed E-state index contributed by atoms with van der Waals surface area (Å²) < 4.78 is 6.75. The molecular formula is C18H21N3O4S. The van der Waals surface area contributed by atoms with Crippen LogP contribution in [0.2, 0.25) is 0 Å². The highest BCUT2D eigenvalue weighted by atomic mass is 32.2. The molecule has 1 aliphatic rings. The molecule has 1 aliphatic heterocycles. The highest BCUT2D eigenvalue weighted by Crippen LogP contribution is 2.22. The summed E-state index contributed by atoms with van der Waals surface area (Å²) in [5.41, 5.74) is 0.429. The van der Waals surface area contributed by atoms with Crippen molar-refractivity contribution in [3.63, 3.8) is 0 Å². The number of hydrogen-bond acceptors (Lipinski definition) is 6. The third kappa shape index (κ3) is 3.66. The normalized spacial score (nSPS) is 15.6. The average molecular weight is 375 g/mol. The molecule has 7 nitrogen and oxygen atoms in total. The number of likely N-dealkylation sites (tertiary alicyclic amines) is 1. The summed E-state index contributed by atoms with van der Waals surface area (Å²) in [6.07, 6.45) is 1.12. The summed E-state index contributed by atoms with van der Waals surface area (Å²) in [5, 5.41) is 0.985. The SMILES string of the molecule is COC[C@@H](C)n1c(SCC(=O)N2CCCC2=O)nc2ccccc2c1=O. The number of ether oxygens (including phenoxy) is 1. The van der Waals surface area contributed by atoms with Crippen molar-refractivity contribution in [2.75, 3.05) is 26.0 Å². The molecule has 0 unspecified atom stereocenters. The molecule has 0 bridgehead atoms. The number of nitrogens with zero attached hydrogens (tertiary/aromatic N) is 3. The van der Waals surface area contributed by atoms with Crippen LogP contribution in [0.3, 0.4) is 0 Å². The Morgan fingerprint density at radius 3 is 2.81 bits per heavy atom. The summed E-state index contributed by atoms with van der Waals surface area (Å²) >= 11 is 1.18. The zero-order valence-corrected chi connectivity index (χ0v) is 15.6. The van der Waals surface area contributed by atoms with Crippen LogP contribution in [0.1, 0.15) is 25.8 Å². The van der Waals surface area contributed by atoms with E-state index in [4.69, 9.17) is 4.74 Å². The topological polar surface area (TPSA) is 81.5 Å². The van der Waals surface area contributed by atoms with Gasteiger partial charge in [0.2, 0.25) is 11.8 Å². The molecule has 8 heteroatoms. The maximum Gasteiger partial charge on any atom is 0.262 e. The van der Waals surface area contributed by atoms with E-state index in [1.807, 2.05) is 13.0 Å². The summed E-state index contributed by atoms with van der Waals surface area (Å²) in [4.78, 5) is 42.8. The van der Waals surface area contributed by atoms with Gasteiger partial charge in [-0.25, -0.2) is 4.98 Å². The molecule has 1 saturated heterocycles. The smallest absolute Gasteiger partial charge is 0.262 e. The van der Waals surface area contributed by atoms with Crippen LogP contribution in [0.5, 0.6) is 0 Å². The first-order valence-corrected chi connectivity index (χ1v) is 9.47. The van der Waals surface area contributed by atoms with E-state index in [-0.39, 0.29) is 29.2 Å². The molecule has 2 heterocycles. The number of methoxy groups -OCH3 is 1. The molecule has 26 heavy (non-hydrogen) atoms. The second-order valence-electron chi connectivity index (χ2n) is 6.22. The summed E-state index contributed by atoms with van der Waals surface area (Å²) in [7, 11) is 1.57. The minimum Gasteiger partial charge on any atom is -0.383 e. The fraction of sp³-hybridized carbons (Fsp3) is 0.444. The number of benzene rings is 1. The minimum atomic E-state index is -0.245. The third-order valence-corrected chi connectivity index (χ3v) is 5.26. The Morgan fingerprint density at radius 1 is 1.35 bits per heavy atom. The molecule has 2 aromatic rings. The van der Waals surface area contributed by atoms with Gasteiger partial charge < -0.3 is 4.74 Å². The highest BCUT2D eigenvalue weighted by molar-refractivity contribution is 7.99. The van der Waals surface area contributed by atoms with Crippen LogP contribution in [0.4, 0.5) is 0 Å². The van der Waals surface area contributed by atoms with Crippen molar-refractivity contribution in [3.05, 3.63) is 34.6 Å². The first kappa shape index (κ1) is 18.6. The van der Waals surface area contributed by atoms with E-state index in [1.165, 1.54) is 16.7 Å². The van der Waals surface area contributed by atoms with E-state index < -0.39 is 0 Å². The molecule has 0 radical (unpaired) electrons. The van der Waals surface area contributed by atoms with Gasteiger partial charge in [0, 0.05) is 20.1 Å². The summed E-state index contributed by atoms with van der Waals surface area (Å²) in [6, 6.07) is 6.91. The molecule has 2 amide bonds. The van der Waals surface area contributed by atoms with Gasteiger partial charge in [-0.05, 0) is 25.5 Å². The number of carbonyl (C=O) groups excluding carboxylic acids is 2. The van der Waals surface area contributed by atoms with E-state index in [9.17, 15) is 14.4 Å². The number of amides is 2. The molecule has 1 fully saturated rings. The maximum absolute atomic E-state index is 12.9. The van der Waals surface area contributed by atoms with E-state index in [1.54, 1.807) is 29.9 Å². The molecule has 0 aliphatic carbocycles. The average Bonchev–Trinajstić information content (AvgIpc) is 3.06. The second kappa shape index (κ2) is 8.01. The standard InChI is InChI=1S/C18H21N3O4S/c1-12(10-25-2)21-17(24)13-6-3-4-7-14(13)19-18(21)26-11-16(23)20-9-5-8-15(20)22/h3-4,6-7,12H,5,8-11H2,1-2H3/t12-/m1/s1. The molecule has 3 rings (SSSR count). The second-order valence-corrected chi connectivity index (χ2v) is 7.16. The van der Waals surface area contributed by atoms with Crippen molar-refractivity contribution in [1.29, 1.82) is 0 Å². The van der Waals surface area contributed by atoms with Crippen molar-refractivity contribution in [2.45, 2.75) is 31.0 Å². The van der Waals surface area contributed by atoms with Gasteiger partial charge in [-0.2, -0.15) is 0 Å². The van der Waals surface area contributed by atoms with Crippen molar-refractivity contribution in [3.8, 4) is 0 Å². The monoisotopic (exact) mass is 375 g/mol. The number of carbonyl (C=O) groups is 2. The Balaban J connectivity index is 1.92. The van der Waals surface area contributed by atoms with E-state index >= 15 is 0 Å². The van der Waals surface area contributed by atoms with Crippen molar-refractivity contribution in [2.24, 2.45) is 0 Å². The van der Waals surface area contributed by atoms with Gasteiger partial charge in [-0.15, -0.1) is 0 Å². The van der Waals surface area contributed by atoms with Gasteiger partial charge in [-0.1, -0.05) is 23.9 Å². The van der Waals surface area contributed by atoms with Crippen LogP contribution in [0.15, 0.2) is 34.2 Å². The van der Waals surface area contributed by atoms with Crippen molar-refractivity contribution >= 4 is 34.5 Å². The fourth-order valence-electron chi connectivity index (χ4n) is 3.05. The molecule has 1 aromatic heterocycles. The molecule has 0 saturated carbocycles. The Morgan fingerprint density at radius 2 is 2.12 bits per heavy atom. The van der Waals surface area contributed by atoms with Crippen molar-refractivity contribution < 1.29 is 14.3 Å². The Labute approximate surface area is 155 Å². The van der Waals surface area contributed by atoms with Crippen molar-refractivity contribution in [1.82, 2.24) is 14.5 Å². The van der Waals surface area contributed by atoms with Crippen LogP contribution in [0, 0.1) is 0 Å². The van der Waals surface area contributed by atoms with Crippen LogP contribution < -0.4 is 5.56 Å². The molecule has 1 aromatic carbocycles. The molecule has 0 N–H and O–H groups in total. The first-order chi connectivity index (χ1) is 12.5. The van der Waals surface area contributed by atoms with Gasteiger partial charge in [0.15, 0.2) is 5.16 Å². The number of imide groups is 1. The van der Waals surface area contributed by atoms with Gasteiger partial charge in [0.05, 0.1) is 29.3 Å². The number of hydrogen-bond donors (Lipinski definition) is 0. The maximum atomic E-state index is 12.9. The van der Waals surface area contributed by atoms with Gasteiger partial charge >= 0.3 is 0 Å². The Kier molecular flexibility index (Phi) is 5.73. The van der Waals surface area contributed by atoms with Gasteiger partial charge in [0.1, 0.15) is 0 Å². The number of para-hydroxylation sites is 1. The number of aromatic nitrogens is 2. The zero-order valence-electron chi connectivity index (χ0n) is 14.8. The van der Waals surface area contributed by atoms with Crippen LogP contribution in [-0.4, -0.2) is 52.3 Å². The lowest BCUT2D eigenvalue weighted by atomic mass is 10.2. The first-order valence-electron chi connectivity index (χ1n) is 8.49. The lowest BCUT2D eigenvalue weighted by Crippen LogP contribution is -2.34. The Hall–Kier alpha value is -2.19. The fourth-order valence-corrected chi connectivity index (χ4v) is 4.02. The molecule has 138 valence electrons. The van der Waals surface area contributed by atoms with Crippen LogP contribution in [0.25, 0.3) is 10.9 Å². The van der Waals surface area contributed by atoms with E-state index in [2.05, 4.69) is 4.98 Å². The molecule has 0 spiro atoms. The van der Waals surface area contributed by atoms with Gasteiger partial charge in [0.25, 0.3) is 5.56 Å². The summed E-state index contributed by atoms with van der Waals surface area (Å²) in [6.45, 7) is 2.69. The third-order valence-electron chi connectivity index (χ3n) is 4.32. The number of thioether (sulfide) groups is 1. The van der Waals surface area contributed by atoms with Crippen LogP contribution >= 0.6 is 11.8 Å². The van der Waals surface area contributed by atoms with E-state index in [0.29, 0.717) is 42.1 Å². The van der Waals surface area contributed by atoms with Gasteiger partial charge in [-0.3, -0.25) is 23.9 Å². The highest BCUT2D eigenvalue weighted by Gasteiger charge is 2.27. The predicted octanol–water partition coefficient (Wildman–Crippen LogP) is 1.84. The summed E-state index contributed by atoms with van der Waals surface area (Å²) in [5.74, 6) is -0.311. The van der Waals surface area contributed by atoms with E-state index in [0.717, 1.165) is 0 Å². The number of rotatable bonds is 6. The predicted molar refractivity (Wildman–Crippen MR) is 99.3 cm³/mol. The lowest BCUT2D eigenvalue weighted by molar-refractivity contribution is -0.140. The molecular weight excluding hydrogens is 354 g/mol. The zero-order chi connectivity index (χ0) is 18.7.